The van der Waals surface area contributed by atoms with Gasteiger partial charge < -0.3 is 10.6 Å². The molecule has 3 nitrogen and oxygen atoms in total. The van der Waals surface area contributed by atoms with Crippen molar-refractivity contribution < 1.29 is 4.79 Å². The summed E-state index contributed by atoms with van der Waals surface area (Å²) in [4.78, 5) is 12.5. The summed E-state index contributed by atoms with van der Waals surface area (Å²) < 4.78 is 0. The van der Waals surface area contributed by atoms with Crippen LogP contribution in [0.15, 0.2) is 24.3 Å². The van der Waals surface area contributed by atoms with Gasteiger partial charge in [0, 0.05) is 18.5 Å². The van der Waals surface area contributed by atoms with Crippen LogP contribution in [0.3, 0.4) is 0 Å². The molecule has 112 valence electrons. The molecule has 2 aliphatic carbocycles. The van der Waals surface area contributed by atoms with Crippen molar-refractivity contribution in [2.24, 2.45) is 17.8 Å². The number of rotatable bonds is 5. The van der Waals surface area contributed by atoms with E-state index >= 15 is 0 Å². The van der Waals surface area contributed by atoms with Crippen molar-refractivity contribution in [2.45, 2.75) is 38.1 Å². The highest BCUT2D eigenvalue weighted by molar-refractivity contribution is 5.80. The van der Waals surface area contributed by atoms with Crippen LogP contribution < -0.4 is 10.6 Å². The molecule has 1 atom stereocenters. The van der Waals surface area contributed by atoms with E-state index in [2.05, 4.69) is 34.9 Å². The first-order chi connectivity index (χ1) is 10.3. The zero-order valence-electron chi connectivity index (χ0n) is 12.5. The van der Waals surface area contributed by atoms with E-state index < -0.39 is 0 Å². The first-order valence-electron chi connectivity index (χ1n) is 8.42. The summed E-state index contributed by atoms with van der Waals surface area (Å²) in [5, 5.41) is 6.78. The van der Waals surface area contributed by atoms with Gasteiger partial charge in [0.25, 0.3) is 0 Å². The predicted octanol–water partition coefficient (Wildman–Crippen LogP) is 2.43. The molecule has 0 bridgehead atoms. The highest BCUT2D eigenvalue weighted by Crippen LogP contribution is 2.49. The van der Waals surface area contributed by atoms with Gasteiger partial charge in [-0.25, -0.2) is 0 Å². The van der Waals surface area contributed by atoms with Gasteiger partial charge in [0.15, 0.2) is 0 Å². The maximum atomic E-state index is 12.5. The molecule has 2 saturated carbocycles. The monoisotopic (exact) mass is 284 g/mol. The SMILES string of the molecule is O=C(NCC1NCCc2ccccc21)C(C1CC1)C1CC1. The minimum absolute atomic E-state index is 0.276. The van der Waals surface area contributed by atoms with Crippen LogP contribution in [-0.4, -0.2) is 19.0 Å². The number of amides is 1. The number of carbonyl (C=O) groups is 1. The van der Waals surface area contributed by atoms with Gasteiger partial charge in [0.2, 0.25) is 5.91 Å². The van der Waals surface area contributed by atoms with E-state index in [1.54, 1.807) is 0 Å². The van der Waals surface area contributed by atoms with Gasteiger partial charge in [-0.15, -0.1) is 0 Å². The molecule has 1 heterocycles. The molecule has 4 rings (SSSR count). The Morgan fingerprint density at radius 3 is 2.62 bits per heavy atom. The van der Waals surface area contributed by atoms with E-state index in [1.165, 1.54) is 36.8 Å². The summed E-state index contributed by atoms with van der Waals surface area (Å²) in [5.74, 6) is 1.99. The number of nitrogens with one attached hydrogen (secondary N) is 2. The molecule has 21 heavy (non-hydrogen) atoms. The Bertz CT molecular complexity index is 522. The number of fused-ring (bicyclic) bond motifs is 1. The van der Waals surface area contributed by atoms with E-state index in [1.807, 2.05) is 0 Å². The second-order valence-electron chi connectivity index (χ2n) is 6.90. The molecule has 2 fully saturated rings. The highest BCUT2D eigenvalue weighted by Gasteiger charge is 2.45. The van der Waals surface area contributed by atoms with Crippen molar-refractivity contribution in [3.05, 3.63) is 35.4 Å². The molecule has 1 aliphatic heterocycles. The number of benzene rings is 1. The van der Waals surface area contributed by atoms with E-state index in [-0.39, 0.29) is 6.04 Å². The van der Waals surface area contributed by atoms with Gasteiger partial charge in [-0.2, -0.15) is 0 Å². The molecule has 1 amide bonds. The topological polar surface area (TPSA) is 41.1 Å². The van der Waals surface area contributed by atoms with Gasteiger partial charge in [0.1, 0.15) is 0 Å². The third-order valence-corrected chi connectivity index (χ3v) is 5.26. The summed E-state index contributed by atoms with van der Waals surface area (Å²) in [6.45, 7) is 1.73. The molecule has 3 heteroatoms. The van der Waals surface area contributed by atoms with Crippen LogP contribution in [0.25, 0.3) is 0 Å². The Hall–Kier alpha value is -1.35. The van der Waals surface area contributed by atoms with Crippen molar-refractivity contribution in [3.8, 4) is 0 Å². The molecule has 0 spiro atoms. The van der Waals surface area contributed by atoms with Gasteiger partial charge in [-0.3, -0.25) is 4.79 Å². The van der Waals surface area contributed by atoms with Crippen LogP contribution >= 0.6 is 0 Å². The average Bonchev–Trinajstić information content (AvgIpc) is 3.40. The molecule has 0 aromatic heterocycles. The number of carbonyl (C=O) groups excluding carboxylic acids is 1. The quantitative estimate of drug-likeness (QED) is 0.872. The Morgan fingerprint density at radius 1 is 1.19 bits per heavy atom. The highest BCUT2D eigenvalue weighted by atomic mass is 16.1. The fourth-order valence-electron chi connectivity index (χ4n) is 3.82. The second kappa shape index (κ2) is 5.45. The van der Waals surface area contributed by atoms with Gasteiger partial charge in [-0.05, 0) is 61.6 Å². The van der Waals surface area contributed by atoms with E-state index in [4.69, 9.17) is 0 Å². The molecule has 3 aliphatic rings. The van der Waals surface area contributed by atoms with Crippen LogP contribution in [0.4, 0.5) is 0 Å². The van der Waals surface area contributed by atoms with E-state index in [9.17, 15) is 4.79 Å². The largest absolute Gasteiger partial charge is 0.354 e. The Morgan fingerprint density at radius 2 is 1.90 bits per heavy atom. The van der Waals surface area contributed by atoms with Crippen molar-refractivity contribution in [2.75, 3.05) is 13.1 Å². The third kappa shape index (κ3) is 2.84. The van der Waals surface area contributed by atoms with Crippen molar-refractivity contribution in [1.29, 1.82) is 0 Å². The standard InChI is InChI=1S/C18H24N2O/c21-18(17(13-5-6-13)14-7-8-14)20-11-16-15-4-2-1-3-12(15)9-10-19-16/h1-4,13-14,16-17,19H,5-11H2,(H,20,21). The summed E-state index contributed by atoms with van der Waals surface area (Å²) >= 11 is 0. The summed E-state index contributed by atoms with van der Waals surface area (Å²) in [7, 11) is 0. The maximum absolute atomic E-state index is 12.5. The minimum Gasteiger partial charge on any atom is -0.354 e. The normalized spacial score (nSPS) is 24.7. The lowest BCUT2D eigenvalue weighted by Crippen LogP contribution is -2.41. The Kier molecular flexibility index (Phi) is 3.46. The van der Waals surface area contributed by atoms with Gasteiger partial charge in [0.05, 0.1) is 0 Å². The molecule has 0 radical (unpaired) electrons. The number of hydrogen-bond donors (Lipinski definition) is 2. The Labute approximate surface area is 126 Å². The zero-order chi connectivity index (χ0) is 14.2. The fraction of sp³-hybridized carbons (Fsp3) is 0.611. The van der Waals surface area contributed by atoms with Crippen LogP contribution in [0.5, 0.6) is 0 Å². The molecular formula is C18H24N2O. The molecule has 1 aromatic rings. The van der Waals surface area contributed by atoms with Gasteiger partial charge in [-0.1, -0.05) is 24.3 Å². The average molecular weight is 284 g/mol. The zero-order valence-corrected chi connectivity index (χ0v) is 12.5. The second-order valence-corrected chi connectivity index (χ2v) is 6.90. The van der Waals surface area contributed by atoms with Crippen LogP contribution in [0.1, 0.15) is 42.9 Å². The molecule has 0 saturated heterocycles. The summed E-state index contributed by atoms with van der Waals surface area (Å²) in [6, 6.07) is 8.88. The Balaban J connectivity index is 1.39. The fourth-order valence-corrected chi connectivity index (χ4v) is 3.82. The smallest absolute Gasteiger partial charge is 0.223 e. The van der Waals surface area contributed by atoms with Crippen LogP contribution in [0, 0.1) is 17.8 Å². The molecular weight excluding hydrogens is 260 g/mol. The first kappa shape index (κ1) is 13.3. The molecule has 1 unspecified atom stereocenters. The maximum Gasteiger partial charge on any atom is 0.223 e. The first-order valence-corrected chi connectivity index (χ1v) is 8.42. The van der Waals surface area contributed by atoms with Crippen molar-refractivity contribution in [1.82, 2.24) is 10.6 Å². The van der Waals surface area contributed by atoms with Crippen molar-refractivity contribution in [3.63, 3.8) is 0 Å². The third-order valence-electron chi connectivity index (χ3n) is 5.26. The van der Waals surface area contributed by atoms with E-state index in [0.717, 1.165) is 19.5 Å². The lowest BCUT2D eigenvalue weighted by Gasteiger charge is -2.28. The van der Waals surface area contributed by atoms with Gasteiger partial charge >= 0.3 is 0 Å². The molecule has 1 aromatic carbocycles. The lowest BCUT2D eigenvalue weighted by molar-refractivity contribution is -0.126. The lowest BCUT2D eigenvalue weighted by atomic mass is 9.93. The van der Waals surface area contributed by atoms with Crippen LogP contribution in [0.2, 0.25) is 0 Å². The predicted molar refractivity (Wildman–Crippen MR) is 82.8 cm³/mol. The molecule has 2 N–H and O–H groups in total. The minimum atomic E-state index is 0.276. The summed E-state index contributed by atoms with van der Waals surface area (Å²) in [6.07, 6.45) is 6.14. The van der Waals surface area contributed by atoms with Crippen LogP contribution in [-0.2, 0) is 11.2 Å². The van der Waals surface area contributed by atoms with E-state index in [0.29, 0.717) is 23.7 Å². The number of hydrogen-bond acceptors (Lipinski definition) is 2. The van der Waals surface area contributed by atoms with Crippen molar-refractivity contribution >= 4 is 5.91 Å². The summed E-state index contributed by atoms with van der Waals surface area (Å²) in [5.41, 5.74) is 2.79.